The van der Waals surface area contributed by atoms with Crippen LogP contribution in [0, 0.1) is 0 Å². The summed E-state index contributed by atoms with van der Waals surface area (Å²) in [5.41, 5.74) is 13.0. The van der Waals surface area contributed by atoms with E-state index >= 15 is 0 Å². The highest BCUT2D eigenvalue weighted by Gasteiger charge is 2.40. The van der Waals surface area contributed by atoms with Crippen molar-refractivity contribution in [1.29, 1.82) is 0 Å². The number of furan rings is 1. The molecule has 11 rings (SSSR count). The number of aromatic nitrogens is 4. The summed E-state index contributed by atoms with van der Waals surface area (Å²) in [7, 11) is 0. The number of rotatable bonds is 4. The molecule has 3 heterocycles. The van der Waals surface area contributed by atoms with Crippen molar-refractivity contribution in [2.75, 3.05) is 0 Å². The minimum Gasteiger partial charge on any atom is -0.455 e. The van der Waals surface area contributed by atoms with Crippen LogP contribution in [0.25, 0.3) is 94.7 Å². The molecule has 0 bridgehead atoms. The average Bonchev–Trinajstić information content (AvgIpc) is 3.84. The van der Waals surface area contributed by atoms with Crippen LogP contribution in [-0.2, 0) is 5.41 Å². The Hall–Kier alpha value is -6.85. The van der Waals surface area contributed by atoms with Crippen LogP contribution in [0.4, 0.5) is 0 Å². The van der Waals surface area contributed by atoms with Crippen molar-refractivity contribution in [3.8, 4) is 51.0 Å². The average molecular weight is 681 g/mol. The Labute approximate surface area is 305 Å². The molecule has 53 heavy (non-hydrogen) atoms. The Balaban J connectivity index is 1.09. The molecule has 10 aromatic rings. The second-order valence-corrected chi connectivity index (χ2v) is 14.4. The zero-order valence-corrected chi connectivity index (χ0v) is 29.2. The van der Waals surface area contributed by atoms with Crippen LogP contribution in [0.2, 0.25) is 0 Å². The summed E-state index contributed by atoms with van der Waals surface area (Å²) in [5.74, 6) is 1.94. The molecule has 1 aliphatic carbocycles. The van der Waals surface area contributed by atoms with E-state index in [-0.39, 0.29) is 5.41 Å². The highest BCUT2D eigenvalue weighted by atomic mass is 16.3. The van der Waals surface area contributed by atoms with Gasteiger partial charge in [0.2, 0.25) is 0 Å². The Morgan fingerprint density at radius 3 is 1.75 bits per heavy atom. The summed E-state index contributed by atoms with van der Waals surface area (Å²) < 4.78 is 9.00. The Morgan fingerprint density at radius 1 is 0.491 bits per heavy atom. The number of hydrogen-bond donors (Lipinski definition) is 0. The zero-order valence-electron chi connectivity index (χ0n) is 29.2. The Bertz CT molecular complexity index is 3010. The first-order valence-electron chi connectivity index (χ1n) is 18.0. The molecule has 0 atom stereocenters. The van der Waals surface area contributed by atoms with Gasteiger partial charge in [0.15, 0.2) is 17.5 Å². The van der Waals surface area contributed by atoms with Gasteiger partial charge in [0.05, 0.1) is 11.0 Å². The van der Waals surface area contributed by atoms with E-state index < -0.39 is 0 Å². The highest BCUT2D eigenvalue weighted by molar-refractivity contribution is 6.17. The molecule has 0 spiro atoms. The topological polar surface area (TPSA) is 56.7 Å². The van der Waals surface area contributed by atoms with Gasteiger partial charge in [-0.05, 0) is 59.2 Å². The van der Waals surface area contributed by atoms with Crippen molar-refractivity contribution in [2.24, 2.45) is 0 Å². The molecule has 0 radical (unpaired) electrons. The third-order valence-corrected chi connectivity index (χ3v) is 11.0. The van der Waals surface area contributed by atoms with Crippen molar-refractivity contribution in [3.05, 3.63) is 169 Å². The number of fused-ring (bicyclic) bond motifs is 11. The molecule has 0 unspecified atom stereocenters. The summed E-state index contributed by atoms with van der Waals surface area (Å²) in [5, 5.41) is 4.84. The van der Waals surface area contributed by atoms with E-state index in [0.29, 0.717) is 17.5 Å². The molecule has 0 amide bonds. The molecule has 7 aromatic carbocycles. The van der Waals surface area contributed by atoms with E-state index in [9.17, 15) is 0 Å². The molecule has 1 aliphatic rings. The molecule has 0 N–H and O–H groups in total. The summed E-state index contributed by atoms with van der Waals surface area (Å²) in [6.45, 7) is 4.71. The highest BCUT2D eigenvalue weighted by Crippen LogP contribution is 2.56. The first kappa shape index (κ1) is 29.8. The van der Waals surface area contributed by atoms with Gasteiger partial charge in [-0.3, -0.25) is 0 Å². The van der Waals surface area contributed by atoms with E-state index in [4.69, 9.17) is 19.4 Å². The molecule has 0 aliphatic heterocycles. The fraction of sp³-hybridized carbons (Fsp3) is 0.0625. The van der Waals surface area contributed by atoms with Gasteiger partial charge in [0, 0.05) is 54.9 Å². The maximum absolute atomic E-state index is 6.61. The lowest BCUT2D eigenvalue weighted by molar-refractivity contribution is 0.657. The van der Waals surface area contributed by atoms with E-state index in [2.05, 4.69) is 109 Å². The monoisotopic (exact) mass is 680 g/mol. The number of para-hydroxylation sites is 2. The number of nitrogens with zero attached hydrogens (tertiary/aromatic N) is 4. The van der Waals surface area contributed by atoms with E-state index in [0.717, 1.165) is 44.3 Å². The van der Waals surface area contributed by atoms with E-state index in [1.807, 2.05) is 66.7 Å². The zero-order chi connectivity index (χ0) is 35.3. The third kappa shape index (κ3) is 4.34. The smallest absolute Gasteiger partial charge is 0.164 e. The lowest BCUT2D eigenvalue weighted by Crippen LogP contribution is -2.15. The largest absolute Gasteiger partial charge is 0.455 e. The molecule has 5 nitrogen and oxygen atoms in total. The molecule has 3 aromatic heterocycles. The van der Waals surface area contributed by atoms with Crippen molar-refractivity contribution in [1.82, 2.24) is 19.5 Å². The van der Waals surface area contributed by atoms with Crippen molar-refractivity contribution in [2.45, 2.75) is 19.3 Å². The van der Waals surface area contributed by atoms with Gasteiger partial charge in [0.1, 0.15) is 11.2 Å². The molecule has 5 heteroatoms. The van der Waals surface area contributed by atoms with E-state index in [1.165, 1.54) is 44.1 Å². The van der Waals surface area contributed by atoms with Gasteiger partial charge >= 0.3 is 0 Å². The van der Waals surface area contributed by atoms with Crippen molar-refractivity contribution >= 4 is 43.7 Å². The van der Waals surface area contributed by atoms with Gasteiger partial charge < -0.3 is 8.98 Å². The fourth-order valence-electron chi connectivity index (χ4n) is 8.61. The Kier molecular flexibility index (Phi) is 6.23. The fourth-order valence-corrected chi connectivity index (χ4v) is 8.61. The molecular formula is C48H32N4O. The SMILES string of the molecule is CC1(C)c2ccc3c(oc4ccccc43)c2-c2ccc3c(c21)c1ccccc1n3-c1ccc(-c2nc(-c3ccccc3)nc(-c3ccccc3)n2)cc1. The lowest BCUT2D eigenvalue weighted by Gasteiger charge is -2.22. The second kappa shape index (κ2) is 11.1. The van der Waals surface area contributed by atoms with Gasteiger partial charge in [-0.25, -0.2) is 15.0 Å². The van der Waals surface area contributed by atoms with Gasteiger partial charge in [-0.1, -0.05) is 129 Å². The van der Waals surface area contributed by atoms with Crippen LogP contribution < -0.4 is 0 Å². The van der Waals surface area contributed by atoms with Crippen molar-refractivity contribution < 1.29 is 4.42 Å². The van der Waals surface area contributed by atoms with Crippen LogP contribution in [0.1, 0.15) is 25.0 Å². The number of hydrogen-bond acceptors (Lipinski definition) is 4. The van der Waals surface area contributed by atoms with Crippen LogP contribution in [-0.4, -0.2) is 19.5 Å². The second-order valence-electron chi connectivity index (χ2n) is 14.4. The predicted molar refractivity (Wildman–Crippen MR) is 215 cm³/mol. The minimum atomic E-state index is -0.234. The maximum atomic E-state index is 6.61. The summed E-state index contributed by atoms with van der Waals surface area (Å²) in [6.07, 6.45) is 0. The van der Waals surface area contributed by atoms with Crippen LogP contribution in [0.5, 0.6) is 0 Å². The van der Waals surface area contributed by atoms with Gasteiger partial charge in [-0.2, -0.15) is 0 Å². The normalized spacial score (nSPS) is 13.2. The van der Waals surface area contributed by atoms with Crippen LogP contribution in [0.3, 0.4) is 0 Å². The number of benzene rings is 7. The molecule has 0 saturated carbocycles. The third-order valence-electron chi connectivity index (χ3n) is 11.0. The van der Waals surface area contributed by atoms with Gasteiger partial charge in [0.25, 0.3) is 0 Å². The molecular weight excluding hydrogens is 649 g/mol. The minimum absolute atomic E-state index is 0.234. The quantitative estimate of drug-likeness (QED) is 0.186. The first-order valence-corrected chi connectivity index (χ1v) is 18.0. The standard InChI is InChI=1S/C48H32N4O/c1-48(2)37-27-25-34-33-17-10-12-20-40(33)53-44(34)41(37)36-26-28-39-42(43(36)48)35-18-9-11-19-38(35)52(39)32-23-21-31(22-24-32)47-50-45(29-13-5-3-6-14-29)49-46(51-47)30-15-7-4-8-16-30/h3-28H,1-2H3. The van der Waals surface area contributed by atoms with E-state index in [1.54, 1.807) is 0 Å². The lowest BCUT2D eigenvalue weighted by atomic mass is 9.80. The summed E-state index contributed by atoms with van der Waals surface area (Å²) in [4.78, 5) is 14.8. The maximum Gasteiger partial charge on any atom is 0.164 e. The molecule has 0 fully saturated rings. The van der Waals surface area contributed by atoms with Crippen LogP contribution >= 0.6 is 0 Å². The van der Waals surface area contributed by atoms with Crippen molar-refractivity contribution in [3.63, 3.8) is 0 Å². The molecule has 0 saturated heterocycles. The van der Waals surface area contributed by atoms with Crippen LogP contribution in [0.15, 0.2) is 162 Å². The first-order chi connectivity index (χ1) is 26.0. The Morgan fingerprint density at radius 2 is 1.08 bits per heavy atom. The predicted octanol–water partition coefficient (Wildman–Crippen LogP) is 12.2. The molecule has 250 valence electrons. The summed E-state index contributed by atoms with van der Waals surface area (Å²) in [6, 6.07) is 55.1. The summed E-state index contributed by atoms with van der Waals surface area (Å²) >= 11 is 0. The van der Waals surface area contributed by atoms with Gasteiger partial charge in [-0.15, -0.1) is 0 Å².